The van der Waals surface area contributed by atoms with Crippen molar-refractivity contribution in [3.05, 3.63) is 57.0 Å². The lowest BCUT2D eigenvalue weighted by Gasteiger charge is -2.25. The summed E-state index contributed by atoms with van der Waals surface area (Å²) in [5, 5.41) is 3.77. The van der Waals surface area contributed by atoms with E-state index in [1.807, 2.05) is 12.1 Å². The minimum Gasteiger partial charge on any atom is -0.476 e. The summed E-state index contributed by atoms with van der Waals surface area (Å²) >= 11 is 18.5. The van der Waals surface area contributed by atoms with Gasteiger partial charge in [0.25, 0.3) is 0 Å². The van der Waals surface area contributed by atoms with Gasteiger partial charge in [-0.05, 0) is 57.0 Å². The molecule has 0 aromatic heterocycles. The predicted molar refractivity (Wildman–Crippen MR) is 147 cm³/mol. The van der Waals surface area contributed by atoms with Crippen LogP contribution >= 0.6 is 34.8 Å². The fraction of sp³-hybridized carbons (Fsp3) is 0.481. The molecule has 0 aliphatic heterocycles. The van der Waals surface area contributed by atoms with E-state index < -0.39 is 11.6 Å². The van der Waals surface area contributed by atoms with Crippen LogP contribution in [0.1, 0.15) is 65.4 Å². The molecule has 0 saturated heterocycles. The monoisotopic (exact) mass is 556 g/mol. The number of anilines is 1. The summed E-state index contributed by atoms with van der Waals surface area (Å²) in [5.74, 6) is 0.103. The van der Waals surface area contributed by atoms with Crippen LogP contribution in [0.4, 0.5) is 10.5 Å². The molecule has 0 atom stereocenters. The van der Waals surface area contributed by atoms with Gasteiger partial charge in [-0.3, -0.25) is 0 Å². The highest BCUT2D eigenvalue weighted by molar-refractivity contribution is 6.42. The highest BCUT2D eigenvalue weighted by atomic mass is 35.5. The van der Waals surface area contributed by atoms with Crippen molar-refractivity contribution in [3.8, 4) is 5.75 Å². The molecule has 198 valence electrons. The summed E-state index contributed by atoms with van der Waals surface area (Å²) in [5.41, 5.74) is 0.126. The number of rotatable bonds is 13. The molecule has 0 saturated carbocycles. The van der Waals surface area contributed by atoms with Gasteiger partial charge < -0.3 is 19.7 Å². The van der Waals surface area contributed by atoms with Crippen LogP contribution in [0.25, 0.3) is 0 Å². The first kappa shape index (κ1) is 30.1. The molecule has 9 heteroatoms. The summed E-state index contributed by atoms with van der Waals surface area (Å²) in [6.45, 7) is 8.49. The van der Waals surface area contributed by atoms with Crippen LogP contribution in [0, 0.1) is 0 Å². The topological polar surface area (TPSA) is 67.9 Å². The first-order valence-corrected chi connectivity index (χ1v) is 13.4. The number of benzene rings is 2. The third kappa shape index (κ3) is 9.38. The van der Waals surface area contributed by atoms with Gasteiger partial charge in [-0.25, -0.2) is 9.59 Å². The molecule has 0 unspecified atom stereocenters. The SMILES string of the molecule is CCCCCCCN(Cc1ccc(OC(C)(C)C(=O)OCC)cc1)C(=O)Nc1c(Cl)cc(Cl)cc1Cl. The van der Waals surface area contributed by atoms with Crippen molar-refractivity contribution < 1.29 is 19.1 Å². The number of nitrogens with one attached hydrogen (secondary N) is 1. The summed E-state index contributed by atoms with van der Waals surface area (Å²) in [7, 11) is 0. The fourth-order valence-electron chi connectivity index (χ4n) is 3.53. The van der Waals surface area contributed by atoms with Gasteiger partial charge in [0.15, 0.2) is 5.60 Å². The zero-order valence-corrected chi connectivity index (χ0v) is 23.6. The Morgan fingerprint density at radius 3 is 2.14 bits per heavy atom. The van der Waals surface area contributed by atoms with Crippen molar-refractivity contribution in [2.24, 2.45) is 0 Å². The molecule has 0 heterocycles. The first-order valence-electron chi connectivity index (χ1n) is 12.2. The average molecular weight is 558 g/mol. The van der Waals surface area contributed by atoms with Crippen LogP contribution in [0.15, 0.2) is 36.4 Å². The number of ether oxygens (including phenoxy) is 2. The van der Waals surface area contributed by atoms with E-state index in [4.69, 9.17) is 44.3 Å². The molecule has 36 heavy (non-hydrogen) atoms. The van der Waals surface area contributed by atoms with Crippen molar-refractivity contribution >= 4 is 52.5 Å². The Labute approximate surface area is 229 Å². The number of carbonyl (C=O) groups is 2. The van der Waals surface area contributed by atoms with Crippen LogP contribution in [0.3, 0.4) is 0 Å². The summed E-state index contributed by atoms with van der Waals surface area (Å²) in [6.07, 6.45) is 5.37. The largest absolute Gasteiger partial charge is 0.476 e. The predicted octanol–water partition coefficient (Wildman–Crippen LogP) is 8.37. The van der Waals surface area contributed by atoms with Gasteiger partial charge in [0.05, 0.1) is 22.3 Å². The van der Waals surface area contributed by atoms with E-state index >= 15 is 0 Å². The van der Waals surface area contributed by atoms with Crippen LogP contribution < -0.4 is 10.1 Å². The highest BCUT2D eigenvalue weighted by Gasteiger charge is 2.31. The third-order valence-corrected chi connectivity index (χ3v) is 6.31. The lowest BCUT2D eigenvalue weighted by Crippen LogP contribution is -2.39. The van der Waals surface area contributed by atoms with Crippen LogP contribution in [0.5, 0.6) is 5.75 Å². The molecule has 2 aromatic carbocycles. The molecule has 0 radical (unpaired) electrons. The molecule has 1 N–H and O–H groups in total. The lowest BCUT2D eigenvalue weighted by atomic mass is 10.1. The summed E-state index contributed by atoms with van der Waals surface area (Å²) in [4.78, 5) is 27.0. The normalized spacial score (nSPS) is 11.2. The van der Waals surface area contributed by atoms with E-state index in [1.54, 1.807) is 37.8 Å². The fourth-order valence-corrected chi connectivity index (χ4v) is 4.44. The van der Waals surface area contributed by atoms with Gasteiger partial charge in [0.2, 0.25) is 0 Å². The standard InChI is InChI=1S/C27H35Cl3N2O4/c1-5-7-8-9-10-15-32(26(34)31-24-22(29)16-20(28)17-23(24)30)18-19-11-13-21(14-12-19)36-27(3,4)25(33)35-6-2/h11-14,16-17H,5-10,15,18H2,1-4H3,(H,31,34). The molecule has 0 bridgehead atoms. The number of unbranched alkanes of at least 4 members (excludes halogenated alkanes) is 4. The number of carbonyl (C=O) groups excluding carboxylic acids is 2. The number of esters is 1. The molecule has 6 nitrogen and oxygen atoms in total. The van der Waals surface area contributed by atoms with E-state index in [2.05, 4.69) is 12.2 Å². The van der Waals surface area contributed by atoms with Crippen molar-refractivity contribution in [2.75, 3.05) is 18.5 Å². The second-order valence-corrected chi connectivity index (χ2v) is 10.2. The number of hydrogen-bond donors (Lipinski definition) is 1. The molecule has 0 aliphatic rings. The molecule has 0 fully saturated rings. The molecule has 2 aromatic rings. The van der Waals surface area contributed by atoms with E-state index in [1.165, 1.54) is 18.6 Å². The highest BCUT2D eigenvalue weighted by Crippen LogP contribution is 2.34. The first-order chi connectivity index (χ1) is 17.1. The Morgan fingerprint density at radius 1 is 0.944 bits per heavy atom. The minimum atomic E-state index is -1.11. The summed E-state index contributed by atoms with van der Waals surface area (Å²) < 4.78 is 10.9. The number of urea groups is 1. The molecule has 0 spiro atoms. The number of nitrogens with zero attached hydrogens (tertiary/aromatic N) is 1. The van der Waals surface area contributed by atoms with Crippen LogP contribution in [-0.4, -0.2) is 35.7 Å². The van der Waals surface area contributed by atoms with Gasteiger partial charge in [0, 0.05) is 18.1 Å². The minimum absolute atomic E-state index is 0.273. The smallest absolute Gasteiger partial charge is 0.349 e. The Bertz CT molecular complexity index is 990. The Morgan fingerprint density at radius 2 is 1.56 bits per heavy atom. The molecule has 0 aliphatic carbocycles. The Hall–Kier alpha value is -2.15. The average Bonchev–Trinajstić information content (AvgIpc) is 2.81. The third-order valence-electron chi connectivity index (χ3n) is 5.49. The van der Waals surface area contributed by atoms with Gasteiger partial charge in [-0.1, -0.05) is 79.5 Å². The van der Waals surface area contributed by atoms with Crippen molar-refractivity contribution in [1.82, 2.24) is 4.90 Å². The summed E-state index contributed by atoms with van der Waals surface area (Å²) in [6, 6.07) is 10.1. The van der Waals surface area contributed by atoms with Gasteiger partial charge in [-0.2, -0.15) is 0 Å². The maximum Gasteiger partial charge on any atom is 0.349 e. The quantitative estimate of drug-likeness (QED) is 0.198. The van der Waals surface area contributed by atoms with Crippen LogP contribution in [0.2, 0.25) is 15.1 Å². The van der Waals surface area contributed by atoms with Gasteiger partial charge in [0.1, 0.15) is 5.75 Å². The Balaban J connectivity index is 2.12. The van der Waals surface area contributed by atoms with Gasteiger partial charge in [-0.15, -0.1) is 0 Å². The number of halogens is 3. The van der Waals surface area contributed by atoms with E-state index in [0.29, 0.717) is 29.5 Å². The number of hydrogen-bond acceptors (Lipinski definition) is 4. The van der Waals surface area contributed by atoms with E-state index in [-0.39, 0.29) is 22.7 Å². The number of amides is 2. The zero-order valence-electron chi connectivity index (χ0n) is 21.3. The van der Waals surface area contributed by atoms with E-state index in [9.17, 15) is 9.59 Å². The molecular weight excluding hydrogens is 523 g/mol. The maximum absolute atomic E-state index is 13.2. The van der Waals surface area contributed by atoms with E-state index in [0.717, 1.165) is 31.2 Å². The maximum atomic E-state index is 13.2. The molecular formula is C27H35Cl3N2O4. The Kier molecular flexibility index (Phi) is 12.2. The molecule has 2 rings (SSSR count). The van der Waals surface area contributed by atoms with Gasteiger partial charge >= 0.3 is 12.0 Å². The van der Waals surface area contributed by atoms with Crippen molar-refractivity contribution in [3.63, 3.8) is 0 Å². The van der Waals surface area contributed by atoms with Crippen LogP contribution in [-0.2, 0) is 16.1 Å². The van der Waals surface area contributed by atoms with Crippen molar-refractivity contribution in [1.29, 1.82) is 0 Å². The van der Waals surface area contributed by atoms with Crippen molar-refractivity contribution in [2.45, 2.75) is 71.9 Å². The molecule has 2 amide bonds. The second-order valence-electron chi connectivity index (χ2n) is 8.99. The zero-order chi connectivity index (χ0) is 26.7. The second kappa shape index (κ2) is 14.6. The lowest BCUT2D eigenvalue weighted by molar-refractivity contribution is -0.158.